The molecule has 0 aromatic heterocycles. The molecule has 6 nitrogen and oxygen atoms in total. The van der Waals surface area contributed by atoms with E-state index in [2.05, 4.69) is 0 Å². The minimum absolute atomic E-state index is 0.132. The number of hydrogen-bond acceptors (Lipinski definition) is 4. The summed E-state index contributed by atoms with van der Waals surface area (Å²) < 4.78 is 30.0. The van der Waals surface area contributed by atoms with Crippen LogP contribution in [0.3, 0.4) is 0 Å². The Labute approximate surface area is 161 Å². The van der Waals surface area contributed by atoms with Crippen molar-refractivity contribution in [2.45, 2.75) is 26.5 Å². The number of aryl methyl sites for hydroxylation is 1. The topological polar surface area (TPSA) is 66.9 Å². The first-order valence-electron chi connectivity index (χ1n) is 8.59. The molecule has 0 heterocycles. The summed E-state index contributed by atoms with van der Waals surface area (Å²) in [6, 6.07) is 14.6. The smallest absolute Gasteiger partial charge is 0.263 e. The number of benzene rings is 2. The van der Waals surface area contributed by atoms with E-state index in [1.807, 2.05) is 31.2 Å². The lowest BCUT2D eigenvalue weighted by Gasteiger charge is -2.23. The summed E-state index contributed by atoms with van der Waals surface area (Å²) in [5, 5.41) is 0. The fraction of sp³-hybridized carbons (Fsp3) is 0.350. The molecular weight excluding hydrogens is 364 g/mol. The highest BCUT2D eigenvalue weighted by molar-refractivity contribution is 7.92. The predicted octanol–water partition coefficient (Wildman–Crippen LogP) is 2.82. The van der Waals surface area contributed by atoms with E-state index in [0.717, 1.165) is 11.8 Å². The second-order valence-electron chi connectivity index (χ2n) is 6.66. The van der Waals surface area contributed by atoms with Crippen molar-refractivity contribution in [2.24, 2.45) is 0 Å². The third kappa shape index (κ3) is 5.72. The molecular formula is C20H26N2O4S. The van der Waals surface area contributed by atoms with Crippen molar-refractivity contribution >= 4 is 21.6 Å². The monoisotopic (exact) mass is 390 g/mol. The first-order valence-corrected chi connectivity index (χ1v) is 10.4. The van der Waals surface area contributed by atoms with Gasteiger partial charge in [0, 0.05) is 20.6 Å². The van der Waals surface area contributed by atoms with Gasteiger partial charge in [-0.15, -0.1) is 0 Å². The fourth-order valence-electron chi connectivity index (χ4n) is 2.54. The van der Waals surface area contributed by atoms with E-state index in [4.69, 9.17) is 4.74 Å². The molecule has 0 radical (unpaired) electrons. The average Bonchev–Trinajstić information content (AvgIpc) is 2.62. The molecule has 1 atom stereocenters. The summed E-state index contributed by atoms with van der Waals surface area (Å²) in [6.45, 7) is 4.23. The Kier molecular flexibility index (Phi) is 6.49. The molecule has 0 bridgehead atoms. The van der Waals surface area contributed by atoms with E-state index in [9.17, 15) is 13.2 Å². The van der Waals surface area contributed by atoms with Gasteiger partial charge < -0.3 is 9.64 Å². The van der Waals surface area contributed by atoms with Gasteiger partial charge in [-0.25, -0.2) is 8.42 Å². The lowest BCUT2D eigenvalue weighted by Crippen LogP contribution is -2.37. The van der Waals surface area contributed by atoms with Crippen LogP contribution in [-0.4, -0.2) is 45.7 Å². The number of hydrogen-bond donors (Lipinski definition) is 0. The number of nitrogens with zero attached hydrogens (tertiary/aromatic N) is 2. The minimum Gasteiger partial charge on any atom is -0.481 e. The third-order valence-corrected chi connectivity index (χ3v) is 5.48. The maximum Gasteiger partial charge on any atom is 0.263 e. The highest BCUT2D eigenvalue weighted by Crippen LogP contribution is 2.21. The Morgan fingerprint density at radius 1 is 1.04 bits per heavy atom. The third-order valence-electron chi connectivity index (χ3n) is 4.27. The molecule has 0 aliphatic carbocycles. The molecule has 0 saturated heterocycles. The van der Waals surface area contributed by atoms with Crippen LogP contribution in [0.4, 0.5) is 5.69 Å². The van der Waals surface area contributed by atoms with Crippen molar-refractivity contribution in [3.63, 3.8) is 0 Å². The molecule has 0 spiro atoms. The van der Waals surface area contributed by atoms with Crippen LogP contribution in [0.1, 0.15) is 18.1 Å². The molecule has 7 heteroatoms. The number of carbonyl (C=O) groups excluding carboxylic acids is 1. The summed E-state index contributed by atoms with van der Waals surface area (Å²) >= 11 is 0. The molecule has 1 unspecified atom stereocenters. The maximum atomic E-state index is 12.5. The van der Waals surface area contributed by atoms with Crippen LogP contribution in [0.5, 0.6) is 5.75 Å². The van der Waals surface area contributed by atoms with Crippen LogP contribution in [0.25, 0.3) is 0 Å². The van der Waals surface area contributed by atoms with Crippen molar-refractivity contribution in [1.82, 2.24) is 4.90 Å². The summed E-state index contributed by atoms with van der Waals surface area (Å²) in [5.41, 5.74) is 2.76. The van der Waals surface area contributed by atoms with Gasteiger partial charge in [-0.2, -0.15) is 0 Å². The lowest BCUT2D eigenvalue weighted by molar-refractivity contribution is -0.137. The Balaban J connectivity index is 1.98. The fourth-order valence-corrected chi connectivity index (χ4v) is 3.04. The van der Waals surface area contributed by atoms with Crippen molar-refractivity contribution in [3.8, 4) is 5.75 Å². The van der Waals surface area contributed by atoms with Gasteiger partial charge >= 0.3 is 0 Å². The number of amides is 1. The molecule has 2 aromatic rings. The second-order valence-corrected chi connectivity index (χ2v) is 8.68. The Morgan fingerprint density at radius 2 is 1.59 bits per heavy atom. The summed E-state index contributed by atoms with van der Waals surface area (Å²) in [4.78, 5) is 14.2. The van der Waals surface area contributed by atoms with E-state index in [-0.39, 0.29) is 5.91 Å². The minimum atomic E-state index is -3.32. The number of anilines is 1. The number of ether oxygens (including phenoxy) is 1. The zero-order valence-electron chi connectivity index (χ0n) is 16.3. The van der Waals surface area contributed by atoms with E-state index in [0.29, 0.717) is 18.0 Å². The van der Waals surface area contributed by atoms with Crippen molar-refractivity contribution in [1.29, 1.82) is 0 Å². The summed E-state index contributed by atoms with van der Waals surface area (Å²) in [6.07, 6.45) is 0.487. The zero-order chi connectivity index (χ0) is 20.2. The zero-order valence-corrected chi connectivity index (χ0v) is 17.2. The Hall–Kier alpha value is -2.54. The number of sulfonamides is 1. The van der Waals surface area contributed by atoms with Gasteiger partial charge in [-0.05, 0) is 43.7 Å². The molecule has 2 aromatic carbocycles. The second kappa shape index (κ2) is 8.43. The first kappa shape index (κ1) is 20.8. The maximum absolute atomic E-state index is 12.5. The van der Waals surface area contributed by atoms with Gasteiger partial charge in [0.1, 0.15) is 5.75 Å². The van der Waals surface area contributed by atoms with E-state index in [1.54, 1.807) is 43.1 Å². The largest absolute Gasteiger partial charge is 0.481 e. The van der Waals surface area contributed by atoms with E-state index in [1.165, 1.54) is 16.9 Å². The van der Waals surface area contributed by atoms with Gasteiger partial charge in [0.15, 0.2) is 6.10 Å². The lowest BCUT2D eigenvalue weighted by atomic mass is 10.1. The predicted molar refractivity (Wildman–Crippen MR) is 107 cm³/mol. The quantitative estimate of drug-likeness (QED) is 0.729. The van der Waals surface area contributed by atoms with Crippen molar-refractivity contribution in [2.75, 3.05) is 24.7 Å². The summed E-state index contributed by atoms with van der Waals surface area (Å²) in [7, 11) is -0.0914. The van der Waals surface area contributed by atoms with E-state index >= 15 is 0 Å². The van der Waals surface area contributed by atoms with Crippen LogP contribution < -0.4 is 9.04 Å². The molecule has 1 amide bonds. The Morgan fingerprint density at radius 3 is 2.11 bits per heavy atom. The summed E-state index contributed by atoms with van der Waals surface area (Å²) in [5.74, 6) is 0.373. The van der Waals surface area contributed by atoms with E-state index < -0.39 is 16.1 Å². The van der Waals surface area contributed by atoms with Gasteiger partial charge in [-0.1, -0.05) is 29.8 Å². The standard InChI is InChI=1S/C20H26N2O4S/c1-15-6-8-17(9-7-15)14-21(3)20(23)16(2)26-19-12-10-18(11-13-19)22(4)27(5,24)25/h6-13,16H,14H2,1-5H3. The molecule has 27 heavy (non-hydrogen) atoms. The van der Waals surface area contributed by atoms with Crippen LogP contribution in [0.2, 0.25) is 0 Å². The first-order chi connectivity index (χ1) is 12.6. The van der Waals surface area contributed by atoms with Gasteiger partial charge in [0.25, 0.3) is 5.91 Å². The van der Waals surface area contributed by atoms with Crippen molar-refractivity contribution < 1.29 is 17.9 Å². The molecule has 0 aliphatic rings. The highest BCUT2D eigenvalue weighted by Gasteiger charge is 2.20. The Bertz CT molecular complexity index is 877. The van der Waals surface area contributed by atoms with Crippen molar-refractivity contribution in [3.05, 3.63) is 59.7 Å². The van der Waals surface area contributed by atoms with Crippen LogP contribution >= 0.6 is 0 Å². The van der Waals surface area contributed by atoms with Gasteiger partial charge in [-0.3, -0.25) is 9.10 Å². The molecule has 146 valence electrons. The molecule has 0 aliphatic heterocycles. The average molecular weight is 391 g/mol. The SMILES string of the molecule is Cc1ccc(CN(C)C(=O)C(C)Oc2ccc(N(C)S(C)(=O)=O)cc2)cc1. The molecule has 0 N–H and O–H groups in total. The number of carbonyl (C=O) groups is 1. The molecule has 0 fully saturated rings. The normalized spacial score (nSPS) is 12.3. The van der Waals surface area contributed by atoms with Crippen LogP contribution in [-0.2, 0) is 21.4 Å². The van der Waals surface area contributed by atoms with Gasteiger partial charge in [0.2, 0.25) is 10.0 Å². The number of likely N-dealkylation sites (N-methyl/N-ethyl adjacent to an activating group) is 1. The molecule has 2 rings (SSSR count). The highest BCUT2D eigenvalue weighted by atomic mass is 32.2. The van der Waals surface area contributed by atoms with Gasteiger partial charge in [0.05, 0.1) is 11.9 Å². The number of rotatable bonds is 7. The van der Waals surface area contributed by atoms with Crippen LogP contribution in [0, 0.1) is 6.92 Å². The molecule has 0 saturated carbocycles. The van der Waals surface area contributed by atoms with Crippen LogP contribution in [0.15, 0.2) is 48.5 Å².